The van der Waals surface area contributed by atoms with Gasteiger partial charge in [-0.15, -0.1) is 0 Å². The van der Waals surface area contributed by atoms with Gasteiger partial charge in [-0.1, -0.05) is 45.3 Å². The number of unbranched alkanes of at least 4 members (excludes halogenated alkanes) is 2. The highest BCUT2D eigenvalue weighted by Crippen LogP contribution is 2.04. The first-order valence-electron chi connectivity index (χ1n) is 6.01. The third kappa shape index (κ3) is 9.49. The largest absolute Gasteiger partial charge is 0.363 e. The predicted octanol–water partition coefficient (Wildman–Crippen LogP) is 3.83. The van der Waals surface area contributed by atoms with Crippen LogP contribution in [0.15, 0.2) is 12.2 Å². The normalized spacial score (nSPS) is 12.9. The molecule has 2 nitrogen and oxygen atoms in total. The molecule has 0 aromatic heterocycles. The lowest BCUT2D eigenvalue weighted by molar-refractivity contribution is 0.0864. The maximum absolute atomic E-state index is 8.80. The fourth-order valence-electron chi connectivity index (χ4n) is 1.26. The molecule has 0 heterocycles. The van der Waals surface area contributed by atoms with E-state index in [4.69, 9.17) is 10.00 Å². The summed E-state index contributed by atoms with van der Waals surface area (Å²) < 4.78 is 5.46. The predicted molar refractivity (Wildman–Crippen MR) is 63.5 cm³/mol. The van der Waals surface area contributed by atoms with Gasteiger partial charge in [-0.05, 0) is 19.3 Å². The molecule has 0 aliphatic rings. The summed E-state index contributed by atoms with van der Waals surface area (Å²) in [7, 11) is 0. The first kappa shape index (κ1) is 14.2. The van der Waals surface area contributed by atoms with Crippen LogP contribution in [0.3, 0.4) is 0 Å². The molecular formula is C13H23NO. The Hall–Kier alpha value is -0.810. The van der Waals surface area contributed by atoms with E-state index in [1.54, 1.807) is 0 Å². The zero-order chi connectivity index (χ0) is 11.4. The second-order valence-electron chi connectivity index (χ2n) is 3.68. The van der Waals surface area contributed by atoms with Gasteiger partial charge in [0.25, 0.3) is 0 Å². The molecule has 1 unspecified atom stereocenters. The lowest BCUT2D eigenvalue weighted by Crippen LogP contribution is -2.10. The average Bonchev–Trinajstić information content (AvgIpc) is 2.27. The minimum Gasteiger partial charge on any atom is -0.363 e. The molecule has 0 amide bonds. The van der Waals surface area contributed by atoms with Crippen molar-refractivity contribution in [1.82, 2.24) is 0 Å². The van der Waals surface area contributed by atoms with Crippen molar-refractivity contribution in [2.45, 2.75) is 58.5 Å². The monoisotopic (exact) mass is 209 g/mol. The summed E-state index contributed by atoms with van der Waals surface area (Å²) in [5.74, 6) is 0. The van der Waals surface area contributed by atoms with Crippen molar-refractivity contribution in [1.29, 1.82) is 5.26 Å². The van der Waals surface area contributed by atoms with Gasteiger partial charge in [0.15, 0.2) is 0 Å². The highest BCUT2D eigenvalue weighted by molar-refractivity contribution is 4.85. The molecule has 15 heavy (non-hydrogen) atoms. The number of rotatable bonds is 9. The number of hydrogen-bond donors (Lipinski definition) is 0. The summed E-state index contributed by atoms with van der Waals surface area (Å²) >= 11 is 0. The van der Waals surface area contributed by atoms with Crippen molar-refractivity contribution >= 4 is 0 Å². The zero-order valence-corrected chi connectivity index (χ0v) is 10.0. The fraction of sp³-hybridized carbons (Fsp3) is 0.769. The number of hydrogen-bond acceptors (Lipinski definition) is 2. The van der Waals surface area contributed by atoms with E-state index in [-0.39, 0.29) is 6.10 Å². The van der Waals surface area contributed by atoms with Crippen LogP contribution in [0.1, 0.15) is 52.4 Å². The summed E-state index contributed by atoms with van der Waals surface area (Å²) in [6, 6.07) is 2.19. The van der Waals surface area contributed by atoms with Gasteiger partial charge in [0, 0.05) is 0 Å². The summed E-state index contributed by atoms with van der Waals surface area (Å²) in [6.07, 6.45) is 10.4. The molecule has 0 aliphatic heterocycles. The van der Waals surface area contributed by atoms with Gasteiger partial charge >= 0.3 is 0 Å². The van der Waals surface area contributed by atoms with Gasteiger partial charge < -0.3 is 4.74 Å². The first-order chi connectivity index (χ1) is 7.35. The summed E-state index contributed by atoms with van der Waals surface area (Å²) in [6.45, 7) is 4.96. The molecule has 0 radical (unpaired) electrons. The van der Waals surface area contributed by atoms with E-state index in [9.17, 15) is 0 Å². The van der Waals surface area contributed by atoms with Gasteiger partial charge in [0.1, 0.15) is 6.10 Å². The van der Waals surface area contributed by atoms with Crippen molar-refractivity contribution in [3.05, 3.63) is 12.2 Å². The standard InChI is InChI=1S/C13H23NO/c1-3-5-7-8-9-11-15-13(12-14)10-6-4-2/h7-8,13H,3-6,9-11H2,1-2H3/b8-7-. The maximum atomic E-state index is 8.80. The molecule has 2 heteroatoms. The van der Waals surface area contributed by atoms with Crippen molar-refractivity contribution in [2.75, 3.05) is 6.61 Å². The molecule has 0 aromatic rings. The molecule has 0 aromatic carbocycles. The fourth-order valence-corrected chi connectivity index (χ4v) is 1.26. The van der Waals surface area contributed by atoms with Crippen LogP contribution in [-0.4, -0.2) is 12.7 Å². The smallest absolute Gasteiger partial charge is 0.144 e. The Balaban J connectivity index is 3.42. The van der Waals surface area contributed by atoms with E-state index < -0.39 is 0 Å². The highest BCUT2D eigenvalue weighted by atomic mass is 16.5. The van der Waals surface area contributed by atoms with Crippen LogP contribution in [0.5, 0.6) is 0 Å². The molecule has 0 N–H and O–H groups in total. The summed E-state index contributed by atoms with van der Waals surface area (Å²) in [5.41, 5.74) is 0. The molecule has 0 aliphatic carbocycles. The third-order valence-electron chi connectivity index (χ3n) is 2.19. The second kappa shape index (κ2) is 11.3. The highest BCUT2D eigenvalue weighted by Gasteiger charge is 2.04. The van der Waals surface area contributed by atoms with Crippen LogP contribution < -0.4 is 0 Å². The number of ether oxygens (including phenoxy) is 1. The zero-order valence-electron chi connectivity index (χ0n) is 10.0. The van der Waals surface area contributed by atoms with E-state index in [0.717, 1.165) is 32.1 Å². The molecule has 0 bridgehead atoms. The SMILES string of the molecule is CCC/C=C\CCOC(C#N)CCCC. The Kier molecular flexibility index (Phi) is 10.7. The van der Waals surface area contributed by atoms with Crippen molar-refractivity contribution < 1.29 is 4.74 Å². The Morgan fingerprint density at radius 2 is 1.93 bits per heavy atom. The van der Waals surface area contributed by atoms with Gasteiger partial charge in [-0.3, -0.25) is 0 Å². The molecule has 0 spiro atoms. The van der Waals surface area contributed by atoms with E-state index in [1.165, 1.54) is 6.42 Å². The minimum absolute atomic E-state index is 0.204. The van der Waals surface area contributed by atoms with Crippen LogP contribution in [0.4, 0.5) is 0 Å². The Morgan fingerprint density at radius 3 is 2.53 bits per heavy atom. The number of allylic oxidation sites excluding steroid dienone is 1. The van der Waals surface area contributed by atoms with Gasteiger partial charge in [-0.2, -0.15) is 5.26 Å². The minimum atomic E-state index is -0.204. The molecule has 86 valence electrons. The topological polar surface area (TPSA) is 33.0 Å². The van der Waals surface area contributed by atoms with E-state index >= 15 is 0 Å². The molecular weight excluding hydrogens is 186 g/mol. The van der Waals surface area contributed by atoms with Crippen LogP contribution in [0.25, 0.3) is 0 Å². The van der Waals surface area contributed by atoms with Gasteiger partial charge in [0.2, 0.25) is 0 Å². The molecule has 0 saturated carbocycles. The number of nitriles is 1. The van der Waals surface area contributed by atoms with Crippen molar-refractivity contribution in [2.24, 2.45) is 0 Å². The van der Waals surface area contributed by atoms with Crippen LogP contribution in [0.2, 0.25) is 0 Å². The van der Waals surface area contributed by atoms with Gasteiger partial charge in [0.05, 0.1) is 12.7 Å². The van der Waals surface area contributed by atoms with Crippen LogP contribution >= 0.6 is 0 Å². The Morgan fingerprint density at radius 1 is 1.20 bits per heavy atom. The molecule has 1 atom stereocenters. The summed E-state index contributed by atoms with van der Waals surface area (Å²) in [5, 5.41) is 8.80. The summed E-state index contributed by atoms with van der Waals surface area (Å²) in [4.78, 5) is 0. The van der Waals surface area contributed by atoms with Gasteiger partial charge in [-0.25, -0.2) is 0 Å². The molecule has 0 rings (SSSR count). The average molecular weight is 209 g/mol. The lowest BCUT2D eigenvalue weighted by atomic mass is 10.2. The third-order valence-corrected chi connectivity index (χ3v) is 2.19. The van der Waals surface area contributed by atoms with Crippen LogP contribution in [0, 0.1) is 11.3 Å². The Bertz CT molecular complexity index is 193. The quantitative estimate of drug-likeness (QED) is 0.427. The van der Waals surface area contributed by atoms with Crippen LogP contribution in [-0.2, 0) is 4.74 Å². The lowest BCUT2D eigenvalue weighted by Gasteiger charge is -2.08. The maximum Gasteiger partial charge on any atom is 0.144 e. The van der Waals surface area contributed by atoms with E-state index in [1.807, 2.05) is 0 Å². The van der Waals surface area contributed by atoms with Crippen molar-refractivity contribution in [3.63, 3.8) is 0 Å². The second-order valence-corrected chi connectivity index (χ2v) is 3.68. The first-order valence-corrected chi connectivity index (χ1v) is 6.01. The molecule has 0 saturated heterocycles. The van der Waals surface area contributed by atoms with E-state index in [2.05, 4.69) is 32.1 Å². The molecule has 0 fully saturated rings. The Labute approximate surface area is 93.9 Å². The number of nitrogens with zero attached hydrogens (tertiary/aromatic N) is 1. The van der Waals surface area contributed by atoms with Crippen molar-refractivity contribution in [3.8, 4) is 6.07 Å². The van der Waals surface area contributed by atoms with E-state index in [0.29, 0.717) is 6.61 Å².